The summed E-state index contributed by atoms with van der Waals surface area (Å²) in [4.78, 5) is 14.2. The average Bonchev–Trinajstić information content (AvgIpc) is 2.67. The summed E-state index contributed by atoms with van der Waals surface area (Å²) in [7, 11) is 0. The Morgan fingerprint density at radius 1 is 0.808 bits per heavy atom. The molecule has 1 saturated heterocycles. The summed E-state index contributed by atoms with van der Waals surface area (Å²) in [6.45, 7) is 7.48. The molecule has 1 fully saturated rings. The number of carbonyl (C=O) groups is 1. The highest BCUT2D eigenvalue weighted by atomic mass is 16.5. The van der Waals surface area contributed by atoms with Gasteiger partial charge in [-0.15, -0.1) is 0 Å². The number of rotatable bonds is 16. The van der Waals surface area contributed by atoms with Gasteiger partial charge in [-0.25, -0.2) is 4.79 Å². The van der Waals surface area contributed by atoms with E-state index in [0.717, 1.165) is 19.4 Å². The zero-order valence-electron chi connectivity index (χ0n) is 17.4. The largest absolute Gasteiger partial charge is 0.450 e. The minimum absolute atomic E-state index is 0.236. The maximum Gasteiger partial charge on any atom is 0.407 e. The van der Waals surface area contributed by atoms with Gasteiger partial charge in [0.1, 0.15) is 0 Å². The maximum absolute atomic E-state index is 11.6. The Morgan fingerprint density at radius 3 is 2.15 bits per heavy atom. The normalized spacial score (nSPS) is 15.1. The van der Waals surface area contributed by atoms with E-state index in [1.165, 1.54) is 103 Å². The van der Waals surface area contributed by atoms with Gasteiger partial charge in [0.05, 0.1) is 6.61 Å². The predicted octanol–water partition coefficient (Wildman–Crippen LogP) is 5.90. The Balaban J connectivity index is 1.74. The first kappa shape index (κ1) is 23.3. The Hall–Kier alpha value is -0.770. The van der Waals surface area contributed by atoms with Gasteiger partial charge in [0, 0.05) is 6.54 Å². The van der Waals surface area contributed by atoms with Gasteiger partial charge in [-0.1, -0.05) is 71.1 Å². The van der Waals surface area contributed by atoms with Crippen LogP contribution in [0.3, 0.4) is 0 Å². The number of nitrogens with one attached hydrogen (secondary N) is 1. The zero-order valence-corrected chi connectivity index (χ0v) is 17.4. The van der Waals surface area contributed by atoms with Crippen LogP contribution in [0, 0.1) is 0 Å². The van der Waals surface area contributed by atoms with Gasteiger partial charge in [0.15, 0.2) is 0 Å². The number of hydrogen-bond donors (Lipinski definition) is 1. The van der Waals surface area contributed by atoms with E-state index in [-0.39, 0.29) is 6.09 Å². The fraction of sp³-hybridized carbons (Fsp3) is 0.955. The van der Waals surface area contributed by atoms with Gasteiger partial charge >= 0.3 is 6.09 Å². The van der Waals surface area contributed by atoms with Gasteiger partial charge in [-0.2, -0.15) is 0 Å². The van der Waals surface area contributed by atoms with Crippen LogP contribution in [-0.2, 0) is 4.74 Å². The molecular formula is C22H44N2O2. The topological polar surface area (TPSA) is 41.6 Å². The summed E-state index contributed by atoms with van der Waals surface area (Å²) >= 11 is 0. The van der Waals surface area contributed by atoms with Gasteiger partial charge in [-0.05, 0) is 51.7 Å². The highest BCUT2D eigenvalue weighted by molar-refractivity contribution is 5.66. The van der Waals surface area contributed by atoms with Crippen LogP contribution in [-0.4, -0.2) is 43.8 Å². The summed E-state index contributed by atoms with van der Waals surface area (Å²) in [5.41, 5.74) is 0. The molecule has 1 amide bonds. The molecule has 1 heterocycles. The number of hydrogen-bond acceptors (Lipinski definition) is 3. The fourth-order valence-corrected chi connectivity index (χ4v) is 3.64. The standard InChI is InChI=1S/C22H44N2O2/c1-2-3-4-5-8-12-17-23-22(25)26-21-16-10-7-6-9-13-18-24-19-14-11-15-20-24/h2-21H2,1H3,(H,23,25). The van der Waals surface area contributed by atoms with Crippen molar-refractivity contribution in [1.29, 1.82) is 0 Å². The van der Waals surface area contributed by atoms with Crippen LogP contribution in [0.4, 0.5) is 4.79 Å². The first-order valence-corrected chi connectivity index (χ1v) is 11.5. The number of piperidine rings is 1. The average molecular weight is 369 g/mol. The second-order valence-electron chi connectivity index (χ2n) is 7.85. The van der Waals surface area contributed by atoms with Crippen LogP contribution in [0.5, 0.6) is 0 Å². The number of likely N-dealkylation sites (tertiary alicyclic amines) is 1. The highest BCUT2D eigenvalue weighted by Crippen LogP contribution is 2.11. The molecule has 0 unspecified atom stereocenters. The Morgan fingerprint density at radius 2 is 1.42 bits per heavy atom. The number of alkyl carbamates (subject to hydrolysis) is 1. The first-order chi connectivity index (χ1) is 12.8. The van der Waals surface area contributed by atoms with Crippen molar-refractivity contribution in [2.75, 3.05) is 32.8 Å². The van der Waals surface area contributed by atoms with E-state index < -0.39 is 0 Å². The number of nitrogens with zero attached hydrogens (tertiary/aromatic N) is 1. The summed E-state index contributed by atoms with van der Waals surface area (Å²) in [5, 5.41) is 2.86. The summed E-state index contributed by atoms with van der Waals surface area (Å²) < 4.78 is 5.24. The SMILES string of the molecule is CCCCCCCCNC(=O)OCCCCCCCCN1CCCCC1. The molecule has 1 aliphatic rings. The van der Waals surface area contributed by atoms with Crippen LogP contribution >= 0.6 is 0 Å². The lowest BCUT2D eigenvalue weighted by molar-refractivity contribution is 0.143. The van der Waals surface area contributed by atoms with Crippen molar-refractivity contribution in [3.8, 4) is 0 Å². The molecule has 1 aliphatic heterocycles. The van der Waals surface area contributed by atoms with E-state index >= 15 is 0 Å². The van der Waals surface area contributed by atoms with Crippen LogP contribution in [0.15, 0.2) is 0 Å². The van der Waals surface area contributed by atoms with Crippen molar-refractivity contribution in [2.24, 2.45) is 0 Å². The third-order valence-electron chi connectivity index (χ3n) is 5.35. The number of carbonyl (C=O) groups excluding carboxylic acids is 1. The van der Waals surface area contributed by atoms with E-state index in [2.05, 4.69) is 17.1 Å². The molecule has 0 spiro atoms. The molecule has 1 rings (SSSR count). The molecule has 0 atom stereocenters. The molecule has 4 nitrogen and oxygen atoms in total. The molecule has 0 radical (unpaired) electrons. The quantitative estimate of drug-likeness (QED) is 0.345. The van der Waals surface area contributed by atoms with E-state index in [4.69, 9.17) is 4.74 Å². The second kappa shape index (κ2) is 17.6. The predicted molar refractivity (Wildman–Crippen MR) is 111 cm³/mol. The Bertz CT molecular complexity index is 317. The van der Waals surface area contributed by atoms with Crippen molar-refractivity contribution in [3.05, 3.63) is 0 Å². The molecule has 1 N–H and O–H groups in total. The number of unbranched alkanes of at least 4 members (excludes halogenated alkanes) is 10. The second-order valence-corrected chi connectivity index (χ2v) is 7.85. The molecule has 154 valence electrons. The van der Waals surface area contributed by atoms with Crippen molar-refractivity contribution < 1.29 is 9.53 Å². The lowest BCUT2D eigenvalue weighted by atomic mass is 10.1. The van der Waals surface area contributed by atoms with Crippen molar-refractivity contribution in [3.63, 3.8) is 0 Å². The van der Waals surface area contributed by atoms with Crippen LogP contribution in [0.2, 0.25) is 0 Å². The molecule has 0 aromatic rings. The van der Waals surface area contributed by atoms with Crippen LogP contribution in [0.25, 0.3) is 0 Å². The van der Waals surface area contributed by atoms with Gasteiger partial charge < -0.3 is 15.0 Å². The summed E-state index contributed by atoms with van der Waals surface area (Å²) in [6, 6.07) is 0. The Labute approximate surface area is 162 Å². The summed E-state index contributed by atoms with van der Waals surface area (Å²) in [6.07, 6.45) is 18.9. The Kier molecular flexibility index (Phi) is 15.8. The fourth-order valence-electron chi connectivity index (χ4n) is 3.64. The number of amides is 1. The number of ether oxygens (including phenoxy) is 1. The van der Waals surface area contributed by atoms with Crippen molar-refractivity contribution in [2.45, 2.75) is 103 Å². The van der Waals surface area contributed by atoms with E-state index in [0.29, 0.717) is 6.61 Å². The minimum Gasteiger partial charge on any atom is -0.450 e. The lowest BCUT2D eigenvalue weighted by Gasteiger charge is -2.26. The van der Waals surface area contributed by atoms with Gasteiger partial charge in [0.2, 0.25) is 0 Å². The molecule has 26 heavy (non-hydrogen) atoms. The molecule has 4 heteroatoms. The molecule has 0 aromatic heterocycles. The van der Waals surface area contributed by atoms with E-state index in [1.54, 1.807) is 0 Å². The molecule has 0 aliphatic carbocycles. The highest BCUT2D eigenvalue weighted by Gasteiger charge is 2.08. The zero-order chi connectivity index (χ0) is 18.7. The van der Waals surface area contributed by atoms with Crippen molar-refractivity contribution in [1.82, 2.24) is 10.2 Å². The van der Waals surface area contributed by atoms with E-state index in [1.807, 2.05) is 0 Å². The van der Waals surface area contributed by atoms with Crippen molar-refractivity contribution >= 4 is 6.09 Å². The van der Waals surface area contributed by atoms with E-state index in [9.17, 15) is 4.79 Å². The monoisotopic (exact) mass is 368 g/mol. The summed E-state index contributed by atoms with van der Waals surface area (Å²) in [5.74, 6) is 0. The maximum atomic E-state index is 11.6. The lowest BCUT2D eigenvalue weighted by Crippen LogP contribution is -2.30. The third kappa shape index (κ3) is 14.4. The van der Waals surface area contributed by atoms with Crippen LogP contribution in [0.1, 0.15) is 103 Å². The minimum atomic E-state index is -0.236. The molecule has 0 bridgehead atoms. The smallest absolute Gasteiger partial charge is 0.407 e. The molecular weight excluding hydrogens is 324 g/mol. The van der Waals surface area contributed by atoms with Gasteiger partial charge in [0.25, 0.3) is 0 Å². The first-order valence-electron chi connectivity index (χ1n) is 11.5. The van der Waals surface area contributed by atoms with Gasteiger partial charge in [-0.3, -0.25) is 0 Å². The third-order valence-corrected chi connectivity index (χ3v) is 5.35. The molecule has 0 aromatic carbocycles. The molecule has 0 saturated carbocycles. The van der Waals surface area contributed by atoms with Crippen LogP contribution < -0.4 is 5.32 Å².